The number of amides is 3. The number of nitrogens with zero attached hydrogens (tertiary/aromatic N) is 3. The highest BCUT2D eigenvalue weighted by molar-refractivity contribution is 6.07. The summed E-state index contributed by atoms with van der Waals surface area (Å²) in [5.41, 5.74) is 1.64. The van der Waals surface area contributed by atoms with Crippen LogP contribution in [0.5, 0.6) is 0 Å². The van der Waals surface area contributed by atoms with Crippen LogP contribution in [0.1, 0.15) is 57.7 Å². The molecule has 0 aliphatic carbocycles. The van der Waals surface area contributed by atoms with Crippen molar-refractivity contribution in [2.75, 3.05) is 13.1 Å². The Hall–Kier alpha value is -1.89. The number of rotatable bonds is 7. The second-order valence-electron chi connectivity index (χ2n) is 8.46. The fraction of sp³-hybridized carbons (Fsp3) is 0.750. The SMILES string of the molecule is CCn1cc(CN2CCC(C3(CCC(C)C)NC(=O)NC3=O)CC2)c(C)n1. The van der Waals surface area contributed by atoms with E-state index in [0.29, 0.717) is 5.92 Å². The van der Waals surface area contributed by atoms with Crippen molar-refractivity contribution in [2.24, 2.45) is 11.8 Å². The van der Waals surface area contributed by atoms with E-state index in [9.17, 15) is 9.59 Å². The topological polar surface area (TPSA) is 79.3 Å². The lowest BCUT2D eigenvalue weighted by Gasteiger charge is -2.41. The van der Waals surface area contributed by atoms with E-state index in [0.717, 1.165) is 57.6 Å². The number of carbonyl (C=O) groups is 2. The third-order valence-electron chi connectivity index (χ3n) is 6.14. The summed E-state index contributed by atoms with van der Waals surface area (Å²) in [4.78, 5) is 27.0. The van der Waals surface area contributed by atoms with Crippen molar-refractivity contribution in [3.05, 3.63) is 17.5 Å². The van der Waals surface area contributed by atoms with E-state index in [4.69, 9.17) is 0 Å². The molecule has 1 aromatic heterocycles. The first-order chi connectivity index (χ1) is 12.8. The predicted octanol–water partition coefficient (Wildman–Crippen LogP) is 2.44. The fourth-order valence-electron chi connectivity index (χ4n) is 4.39. The van der Waals surface area contributed by atoms with Gasteiger partial charge in [0.25, 0.3) is 5.91 Å². The quantitative estimate of drug-likeness (QED) is 0.718. The summed E-state index contributed by atoms with van der Waals surface area (Å²) in [7, 11) is 0. The zero-order valence-electron chi connectivity index (χ0n) is 17.0. The van der Waals surface area contributed by atoms with Crippen LogP contribution in [0.4, 0.5) is 4.79 Å². The highest BCUT2D eigenvalue weighted by Gasteiger charge is 2.51. The van der Waals surface area contributed by atoms with Gasteiger partial charge in [0.05, 0.1) is 5.69 Å². The first-order valence-corrected chi connectivity index (χ1v) is 10.2. The Morgan fingerprint density at radius 2 is 2.00 bits per heavy atom. The average molecular weight is 376 g/mol. The number of nitrogens with one attached hydrogen (secondary N) is 2. The van der Waals surface area contributed by atoms with E-state index < -0.39 is 5.54 Å². The number of urea groups is 1. The van der Waals surface area contributed by atoms with Crippen molar-refractivity contribution in [1.82, 2.24) is 25.3 Å². The molecular weight excluding hydrogens is 342 g/mol. The van der Waals surface area contributed by atoms with Crippen LogP contribution in [-0.4, -0.2) is 45.2 Å². The summed E-state index contributed by atoms with van der Waals surface area (Å²) in [6, 6.07) is -0.339. The highest BCUT2D eigenvalue weighted by atomic mass is 16.2. The van der Waals surface area contributed by atoms with Gasteiger partial charge in [-0.2, -0.15) is 5.10 Å². The number of carbonyl (C=O) groups excluding carboxylic acids is 2. The minimum Gasteiger partial charge on any atom is -0.323 e. The largest absolute Gasteiger partial charge is 0.323 e. The van der Waals surface area contributed by atoms with Gasteiger partial charge in [0.1, 0.15) is 5.54 Å². The molecule has 1 atom stereocenters. The van der Waals surface area contributed by atoms with Gasteiger partial charge in [0.15, 0.2) is 0 Å². The molecule has 0 bridgehead atoms. The molecule has 3 rings (SSSR count). The van der Waals surface area contributed by atoms with Gasteiger partial charge in [-0.1, -0.05) is 13.8 Å². The Balaban J connectivity index is 1.64. The van der Waals surface area contributed by atoms with Gasteiger partial charge in [0.2, 0.25) is 0 Å². The molecule has 2 aliphatic heterocycles. The molecule has 7 nitrogen and oxygen atoms in total. The van der Waals surface area contributed by atoms with E-state index in [-0.39, 0.29) is 17.9 Å². The maximum absolute atomic E-state index is 12.7. The number of hydrogen-bond acceptors (Lipinski definition) is 4. The molecular formula is C20H33N5O2. The number of hydrogen-bond donors (Lipinski definition) is 2. The van der Waals surface area contributed by atoms with Crippen LogP contribution in [0.25, 0.3) is 0 Å². The lowest BCUT2D eigenvalue weighted by molar-refractivity contribution is -0.127. The Kier molecular flexibility index (Phi) is 5.89. The van der Waals surface area contributed by atoms with Gasteiger partial charge >= 0.3 is 6.03 Å². The van der Waals surface area contributed by atoms with Crippen molar-refractivity contribution < 1.29 is 9.59 Å². The molecule has 2 N–H and O–H groups in total. The van der Waals surface area contributed by atoms with Crippen LogP contribution in [0, 0.1) is 18.8 Å². The van der Waals surface area contributed by atoms with Crippen molar-refractivity contribution in [2.45, 2.75) is 72.0 Å². The summed E-state index contributed by atoms with van der Waals surface area (Å²) < 4.78 is 1.98. The second-order valence-corrected chi connectivity index (χ2v) is 8.46. The fourth-order valence-corrected chi connectivity index (χ4v) is 4.39. The molecule has 1 aromatic rings. The molecule has 2 fully saturated rings. The Bertz CT molecular complexity index is 691. The third kappa shape index (κ3) is 4.18. The molecule has 0 radical (unpaired) electrons. The van der Waals surface area contributed by atoms with Gasteiger partial charge in [-0.25, -0.2) is 4.79 Å². The van der Waals surface area contributed by atoms with Gasteiger partial charge in [-0.05, 0) is 64.5 Å². The molecule has 1 unspecified atom stereocenters. The monoisotopic (exact) mass is 375 g/mol. The molecule has 27 heavy (non-hydrogen) atoms. The van der Waals surface area contributed by atoms with Crippen LogP contribution in [0.15, 0.2) is 6.20 Å². The van der Waals surface area contributed by atoms with E-state index in [1.807, 2.05) is 4.68 Å². The number of piperidine rings is 1. The first-order valence-electron chi connectivity index (χ1n) is 10.2. The minimum atomic E-state index is -0.726. The minimum absolute atomic E-state index is 0.133. The summed E-state index contributed by atoms with van der Waals surface area (Å²) >= 11 is 0. The zero-order chi connectivity index (χ0) is 19.6. The van der Waals surface area contributed by atoms with Crippen molar-refractivity contribution in [3.63, 3.8) is 0 Å². The lowest BCUT2D eigenvalue weighted by atomic mass is 9.74. The molecule has 2 saturated heterocycles. The number of aromatic nitrogens is 2. The third-order valence-corrected chi connectivity index (χ3v) is 6.14. The van der Waals surface area contributed by atoms with Crippen LogP contribution in [0.3, 0.4) is 0 Å². The first kappa shape index (κ1) is 19.9. The van der Waals surface area contributed by atoms with E-state index in [1.165, 1.54) is 5.56 Å². The maximum Gasteiger partial charge on any atom is 0.322 e. The Morgan fingerprint density at radius 3 is 2.52 bits per heavy atom. The van der Waals surface area contributed by atoms with Crippen molar-refractivity contribution >= 4 is 11.9 Å². The summed E-state index contributed by atoms with van der Waals surface area (Å²) in [5.74, 6) is 0.565. The summed E-state index contributed by atoms with van der Waals surface area (Å²) in [6.07, 6.45) is 5.63. The molecule has 3 heterocycles. The van der Waals surface area contributed by atoms with E-state index in [2.05, 4.69) is 54.5 Å². The standard InChI is InChI=1S/C20H33N5O2/c1-5-25-13-16(15(4)23-25)12-24-10-7-17(8-11-24)20(9-6-14(2)3)18(26)21-19(27)22-20/h13-14,17H,5-12H2,1-4H3,(H2,21,22,26,27). The second kappa shape index (κ2) is 8.00. The molecule has 2 aliphatic rings. The highest BCUT2D eigenvalue weighted by Crippen LogP contribution is 2.35. The summed E-state index contributed by atoms with van der Waals surface area (Å²) in [6.45, 7) is 12.1. The smallest absolute Gasteiger partial charge is 0.322 e. The maximum atomic E-state index is 12.7. The number of likely N-dealkylation sites (tertiary alicyclic amines) is 1. The van der Waals surface area contributed by atoms with Crippen LogP contribution in [-0.2, 0) is 17.9 Å². The zero-order valence-corrected chi connectivity index (χ0v) is 17.0. The van der Waals surface area contributed by atoms with Crippen molar-refractivity contribution in [3.8, 4) is 0 Å². The average Bonchev–Trinajstić information content (AvgIpc) is 3.13. The summed E-state index contributed by atoms with van der Waals surface area (Å²) in [5, 5.41) is 10.0. The normalized spacial score (nSPS) is 24.5. The van der Waals surface area contributed by atoms with Crippen LogP contribution in [0.2, 0.25) is 0 Å². The van der Waals surface area contributed by atoms with E-state index in [1.54, 1.807) is 0 Å². The van der Waals surface area contributed by atoms with Gasteiger partial charge in [-0.3, -0.25) is 19.7 Å². The molecule has 0 spiro atoms. The van der Waals surface area contributed by atoms with E-state index >= 15 is 0 Å². The number of imide groups is 1. The molecule has 150 valence electrons. The van der Waals surface area contributed by atoms with Crippen LogP contribution >= 0.6 is 0 Å². The van der Waals surface area contributed by atoms with Gasteiger partial charge in [0, 0.05) is 24.8 Å². The number of aryl methyl sites for hydroxylation is 2. The Morgan fingerprint density at radius 1 is 1.30 bits per heavy atom. The predicted molar refractivity (Wildman–Crippen MR) is 104 cm³/mol. The molecule has 0 aromatic carbocycles. The molecule has 3 amide bonds. The molecule has 0 saturated carbocycles. The van der Waals surface area contributed by atoms with Crippen LogP contribution < -0.4 is 10.6 Å². The lowest BCUT2D eigenvalue weighted by Crippen LogP contribution is -2.56. The van der Waals surface area contributed by atoms with Gasteiger partial charge < -0.3 is 5.32 Å². The van der Waals surface area contributed by atoms with Gasteiger partial charge in [-0.15, -0.1) is 0 Å². The molecule has 7 heteroatoms. The van der Waals surface area contributed by atoms with Crippen molar-refractivity contribution in [1.29, 1.82) is 0 Å². The Labute approximate surface area is 161 Å².